The first-order chi connectivity index (χ1) is 7.87. The molecule has 5 nitrogen and oxygen atoms in total. The second-order valence-electron chi connectivity index (χ2n) is 4.60. The summed E-state index contributed by atoms with van der Waals surface area (Å²) in [5, 5.41) is 0. The van der Waals surface area contributed by atoms with Gasteiger partial charge in [-0.05, 0) is 24.1 Å². The molecule has 1 aliphatic rings. The molecule has 92 valence electrons. The molecule has 0 spiro atoms. The van der Waals surface area contributed by atoms with Crippen molar-refractivity contribution in [3.05, 3.63) is 23.8 Å². The van der Waals surface area contributed by atoms with Gasteiger partial charge in [0.2, 0.25) is 11.7 Å². The number of hydrogen-bond acceptors (Lipinski definition) is 4. The molecule has 1 aromatic rings. The lowest BCUT2D eigenvalue weighted by Gasteiger charge is -2.16. The van der Waals surface area contributed by atoms with Crippen LogP contribution >= 0.6 is 0 Å². The average Bonchev–Trinajstić information content (AvgIpc) is 2.50. The molecule has 1 aliphatic heterocycles. The molecule has 0 fully saturated rings. The topological polar surface area (TPSA) is 87.6 Å². The first kappa shape index (κ1) is 11.7. The van der Waals surface area contributed by atoms with E-state index in [1.54, 1.807) is 0 Å². The molecule has 0 bridgehead atoms. The van der Waals surface area contributed by atoms with Gasteiger partial charge >= 0.3 is 0 Å². The quantitative estimate of drug-likeness (QED) is 0.802. The minimum absolute atomic E-state index is 0.395. The van der Waals surface area contributed by atoms with E-state index < -0.39 is 17.7 Å². The van der Waals surface area contributed by atoms with Crippen LogP contribution in [-0.4, -0.2) is 17.7 Å². The number of primary amides is 1. The van der Waals surface area contributed by atoms with E-state index in [0.717, 1.165) is 5.56 Å². The van der Waals surface area contributed by atoms with E-state index in [1.807, 2.05) is 32.0 Å². The van der Waals surface area contributed by atoms with Crippen LogP contribution in [-0.2, 0) is 11.2 Å². The van der Waals surface area contributed by atoms with E-state index in [0.29, 0.717) is 17.9 Å². The Morgan fingerprint density at radius 2 is 2.00 bits per heavy atom. The number of carbonyl (C=O) groups is 1. The Hall–Kier alpha value is -1.75. The molecule has 1 amide bonds. The summed E-state index contributed by atoms with van der Waals surface area (Å²) >= 11 is 0. The summed E-state index contributed by atoms with van der Waals surface area (Å²) in [6.45, 7) is 3.67. The SMILES string of the molecule is CC1(C)Oc2ccc(CC(N)C(N)=O)cc2O1. The standard InChI is InChI=1S/C12H16N2O3/c1-12(2)16-9-4-3-7(6-10(9)17-12)5-8(13)11(14)15/h3-4,6,8H,5,13H2,1-2H3,(H2,14,15). The molecule has 1 unspecified atom stereocenters. The molecule has 1 heterocycles. The van der Waals surface area contributed by atoms with Gasteiger partial charge in [-0.25, -0.2) is 0 Å². The van der Waals surface area contributed by atoms with Gasteiger partial charge in [0.1, 0.15) is 0 Å². The van der Waals surface area contributed by atoms with Crippen LogP contribution in [0.15, 0.2) is 18.2 Å². The van der Waals surface area contributed by atoms with Crippen molar-refractivity contribution < 1.29 is 14.3 Å². The van der Waals surface area contributed by atoms with Crippen LogP contribution < -0.4 is 20.9 Å². The van der Waals surface area contributed by atoms with Gasteiger partial charge in [0.15, 0.2) is 11.5 Å². The summed E-state index contributed by atoms with van der Waals surface area (Å²) in [6.07, 6.45) is 0.395. The maximum absolute atomic E-state index is 10.9. The highest BCUT2D eigenvalue weighted by Crippen LogP contribution is 2.39. The first-order valence-electron chi connectivity index (χ1n) is 5.43. The molecule has 17 heavy (non-hydrogen) atoms. The predicted octanol–water partition coefficient (Wildman–Crippen LogP) is 0.549. The Morgan fingerprint density at radius 3 is 2.65 bits per heavy atom. The molecular formula is C12H16N2O3. The Bertz CT molecular complexity index is 457. The van der Waals surface area contributed by atoms with Crippen molar-refractivity contribution in [2.75, 3.05) is 0 Å². The van der Waals surface area contributed by atoms with E-state index in [2.05, 4.69) is 0 Å². The van der Waals surface area contributed by atoms with E-state index in [4.69, 9.17) is 20.9 Å². The fraction of sp³-hybridized carbons (Fsp3) is 0.417. The number of amides is 1. The normalized spacial score (nSPS) is 17.8. The van der Waals surface area contributed by atoms with Crippen molar-refractivity contribution in [3.63, 3.8) is 0 Å². The third-order valence-electron chi connectivity index (χ3n) is 2.54. The van der Waals surface area contributed by atoms with Crippen molar-refractivity contribution in [1.29, 1.82) is 0 Å². The number of benzene rings is 1. The highest BCUT2D eigenvalue weighted by molar-refractivity contribution is 5.79. The van der Waals surface area contributed by atoms with Crippen molar-refractivity contribution in [1.82, 2.24) is 0 Å². The Kier molecular flexibility index (Phi) is 2.71. The Balaban J connectivity index is 2.16. The molecule has 0 radical (unpaired) electrons. The number of ether oxygens (including phenoxy) is 2. The summed E-state index contributed by atoms with van der Waals surface area (Å²) < 4.78 is 11.2. The van der Waals surface area contributed by atoms with Gasteiger partial charge in [0, 0.05) is 13.8 Å². The van der Waals surface area contributed by atoms with Crippen LogP contribution in [0.3, 0.4) is 0 Å². The minimum atomic E-state index is -0.677. The number of hydrogen-bond donors (Lipinski definition) is 2. The molecule has 0 aliphatic carbocycles. The first-order valence-corrected chi connectivity index (χ1v) is 5.43. The maximum Gasteiger partial charge on any atom is 0.246 e. The second kappa shape index (κ2) is 3.92. The van der Waals surface area contributed by atoms with Crippen LogP contribution in [0.25, 0.3) is 0 Å². The molecule has 1 atom stereocenters. The molecule has 0 saturated carbocycles. The zero-order chi connectivity index (χ0) is 12.6. The van der Waals surface area contributed by atoms with E-state index in [9.17, 15) is 4.79 Å². The summed E-state index contributed by atoms with van der Waals surface area (Å²) in [5.41, 5.74) is 11.6. The Morgan fingerprint density at radius 1 is 1.35 bits per heavy atom. The summed E-state index contributed by atoms with van der Waals surface area (Å²) in [6, 6.07) is 4.82. The molecular weight excluding hydrogens is 220 g/mol. The van der Waals surface area contributed by atoms with Crippen molar-refractivity contribution >= 4 is 5.91 Å². The average molecular weight is 236 g/mol. The lowest BCUT2D eigenvalue weighted by Crippen LogP contribution is -2.38. The monoisotopic (exact) mass is 236 g/mol. The Labute approximate surface area is 99.7 Å². The third-order valence-corrected chi connectivity index (χ3v) is 2.54. The maximum atomic E-state index is 10.9. The van der Waals surface area contributed by atoms with Crippen LogP contribution in [0.5, 0.6) is 11.5 Å². The van der Waals surface area contributed by atoms with E-state index in [-0.39, 0.29) is 0 Å². The number of rotatable bonds is 3. The number of fused-ring (bicyclic) bond motifs is 1. The van der Waals surface area contributed by atoms with Crippen LogP contribution in [0.1, 0.15) is 19.4 Å². The zero-order valence-electron chi connectivity index (χ0n) is 9.90. The predicted molar refractivity (Wildman–Crippen MR) is 62.7 cm³/mol. The molecule has 1 aromatic carbocycles. The van der Waals surface area contributed by atoms with Crippen molar-refractivity contribution in [2.24, 2.45) is 11.5 Å². The van der Waals surface area contributed by atoms with Crippen LogP contribution in [0, 0.1) is 0 Å². The highest BCUT2D eigenvalue weighted by Gasteiger charge is 2.31. The lowest BCUT2D eigenvalue weighted by molar-refractivity contribution is -0.119. The molecule has 4 N–H and O–H groups in total. The van der Waals surface area contributed by atoms with Gasteiger partial charge in [-0.2, -0.15) is 0 Å². The minimum Gasteiger partial charge on any atom is -0.449 e. The van der Waals surface area contributed by atoms with Gasteiger partial charge in [-0.1, -0.05) is 6.07 Å². The number of nitrogens with two attached hydrogens (primary N) is 2. The fourth-order valence-corrected chi connectivity index (χ4v) is 1.75. The number of carbonyl (C=O) groups excluding carboxylic acids is 1. The van der Waals surface area contributed by atoms with Crippen LogP contribution in [0.4, 0.5) is 0 Å². The summed E-state index contributed by atoms with van der Waals surface area (Å²) in [4.78, 5) is 10.9. The molecule has 2 rings (SSSR count). The lowest BCUT2D eigenvalue weighted by atomic mass is 10.1. The third kappa shape index (κ3) is 2.50. The van der Waals surface area contributed by atoms with Gasteiger partial charge < -0.3 is 20.9 Å². The van der Waals surface area contributed by atoms with Crippen LogP contribution in [0.2, 0.25) is 0 Å². The molecule has 0 saturated heterocycles. The largest absolute Gasteiger partial charge is 0.449 e. The summed E-state index contributed by atoms with van der Waals surface area (Å²) in [5.74, 6) is 0.214. The van der Waals surface area contributed by atoms with Crippen molar-refractivity contribution in [2.45, 2.75) is 32.1 Å². The van der Waals surface area contributed by atoms with Gasteiger partial charge in [0.05, 0.1) is 6.04 Å². The fourth-order valence-electron chi connectivity index (χ4n) is 1.75. The second-order valence-corrected chi connectivity index (χ2v) is 4.60. The summed E-state index contributed by atoms with van der Waals surface area (Å²) in [7, 11) is 0. The highest BCUT2D eigenvalue weighted by atomic mass is 16.7. The molecule has 0 aromatic heterocycles. The van der Waals surface area contributed by atoms with E-state index >= 15 is 0 Å². The van der Waals surface area contributed by atoms with Gasteiger partial charge in [0.25, 0.3) is 0 Å². The van der Waals surface area contributed by atoms with E-state index in [1.165, 1.54) is 0 Å². The zero-order valence-corrected chi connectivity index (χ0v) is 9.90. The van der Waals surface area contributed by atoms with Crippen molar-refractivity contribution in [3.8, 4) is 11.5 Å². The smallest absolute Gasteiger partial charge is 0.246 e. The van der Waals surface area contributed by atoms with Gasteiger partial charge in [-0.3, -0.25) is 4.79 Å². The van der Waals surface area contributed by atoms with Gasteiger partial charge in [-0.15, -0.1) is 0 Å². The molecule has 5 heteroatoms.